The van der Waals surface area contributed by atoms with E-state index in [0.717, 1.165) is 36.3 Å². The minimum absolute atomic E-state index is 0.382. The first kappa shape index (κ1) is 12.0. The van der Waals surface area contributed by atoms with Crippen LogP contribution in [0.5, 0.6) is 0 Å². The number of nitrogens with zero attached hydrogens (tertiary/aromatic N) is 1. The average Bonchev–Trinajstić information content (AvgIpc) is 3.00. The van der Waals surface area contributed by atoms with Crippen LogP contribution in [0.25, 0.3) is 0 Å². The van der Waals surface area contributed by atoms with E-state index < -0.39 is 0 Å². The molecule has 0 amide bonds. The van der Waals surface area contributed by atoms with Crippen molar-refractivity contribution in [3.63, 3.8) is 0 Å². The quantitative estimate of drug-likeness (QED) is 0.798. The predicted octanol–water partition coefficient (Wildman–Crippen LogP) is 2.48. The van der Waals surface area contributed by atoms with E-state index in [1.807, 2.05) is 0 Å². The molecule has 2 nitrogen and oxygen atoms in total. The van der Waals surface area contributed by atoms with Crippen molar-refractivity contribution in [2.45, 2.75) is 58.0 Å². The number of hydrogen-bond acceptors (Lipinski definition) is 2. The Morgan fingerprint density at radius 2 is 2.00 bits per heavy atom. The van der Waals surface area contributed by atoms with Gasteiger partial charge in [-0.3, -0.25) is 4.90 Å². The number of nitrogens with two attached hydrogens (primary N) is 1. The van der Waals surface area contributed by atoms with Crippen molar-refractivity contribution in [3.8, 4) is 0 Å². The van der Waals surface area contributed by atoms with Crippen molar-refractivity contribution in [1.29, 1.82) is 0 Å². The van der Waals surface area contributed by atoms with Gasteiger partial charge in [-0.25, -0.2) is 0 Å². The zero-order valence-electron chi connectivity index (χ0n) is 11.7. The molecule has 0 aromatic heterocycles. The highest BCUT2D eigenvalue weighted by molar-refractivity contribution is 5.15. The Morgan fingerprint density at radius 3 is 2.53 bits per heavy atom. The summed E-state index contributed by atoms with van der Waals surface area (Å²) in [5.41, 5.74) is 6.61. The summed E-state index contributed by atoms with van der Waals surface area (Å²) in [6.07, 6.45) is 5.66. The summed E-state index contributed by atoms with van der Waals surface area (Å²) in [5.74, 6) is 3.65. The molecule has 0 spiro atoms. The van der Waals surface area contributed by atoms with Crippen molar-refractivity contribution in [1.82, 2.24) is 4.90 Å². The highest BCUT2D eigenvalue weighted by atomic mass is 15.3. The lowest BCUT2D eigenvalue weighted by Crippen LogP contribution is -2.62. The molecule has 2 saturated carbocycles. The van der Waals surface area contributed by atoms with Crippen LogP contribution in [0.4, 0.5) is 0 Å². The first-order valence-corrected chi connectivity index (χ1v) is 7.55. The Morgan fingerprint density at radius 1 is 1.24 bits per heavy atom. The van der Waals surface area contributed by atoms with Gasteiger partial charge in [-0.2, -0.15) is 0 Å². The molecule has 98 valence electrons. The van der Waals surface area contributed by atoms with E-state index in [0.29, 0.717) is 5.54 Å². The molecule has 0 aromatic rings. The first-order chi connectivity index (χ1) is 8.08. The summed E-state index contributed by atoms with van der Waals surface area (Å²) in [6, 6.07) is 0.731. The van der Waals surface area contributed by atoms with E-state index in [9.17, 15) is 0 Å². The Kier molecular flexibility index (Phi) is 2.79. The van der Waals surface area contributed by atoms with Crippen LogP contribution in [0.2, 0.25) is 0 Å². The number of likely N-dealkylation sites (tertiary alicyclic amines) is 1. The van der Waals surface area contributed by atoms with Gasteiger partial charge in [0.25, 0.3) is 0 Å². The van der Waals surface area contributed by atoms with Gasteiger partial charge in [-0.05, 0) is 56.3 Å². The Labute approximate surface area is 106 Å². The predicted molar refractivity (Wildman–Crippen MR) is 71.7 cm³/mol. The standard InChI is InChI=1S/C15H28N2/c1-10-6-11(2)12(3)17(8-10)15(9-16)5-4-13-7-14(13)15/h10-14H,4-9,16H2,1-3H3. The minimum Gasteiger partial charge on any atom is -0.329 e. The third kappa shape index (κ3) is 1.67. The fourth-order valence-corrected chi connectivity index (χ4v) is 4.88. The summed E-state index contributed by atoms with van der Waals surface area (Å²) in [4.78, 5) is 2.82. The Hall–Kier alpha value is -0.0800. The van der Waals surface area contributed by atoms with E-state index in [1.165, 1.54) is 32.2 Å². The molecule has 1 heterocycles. The van der Waals surface area contributed by atoms with E-state index in [2.05, 4.69) is 25.7 Å². The second kappa shape index (κ2) is 3.96. The molecule has 1 aliphatic heterocycles. The summed E-state index contributed by atoms with van der Waals surface area (Å²) in [7, 11) is 0. The maximum Gasteiger partial charge on any atom is 0.0365 e. The van der Waals surface area contributed by atoms with Gasteiger partial charge in [0.1, 0.15) is 0 Å². The first-order valence-electron chi connectivity index (χ1n) is 7.55. The summed E-state index contributed by atoms with van der Waals surface area (Å²) in [6.45, 7) is 9.45. The highest BCUT2D eigenvalue weighted by Crippen LogP contribution is 2.60. The van der Waals surface area contributed by atoms with Crippen molar-refractivity contribution in [2.75, 3.05) is 13.1 Å². The Balaban J connectivity index is 1.85. The topological polar surface area (TPSA) is 29.3 Å². The fraction of sp³-hybridized carbons (Fsp3) is 1.00. The molecular weight excluding hydrogens is 208 g/mol. The van der Waals surface area contributed by atoms with Crippen LogP contribution in [0.15, 0.2) is 0 Å². The molecule has 2 heteroatoms. The summed E-state index contributed by atoms with van der Waals surface area (Å²) < 4.78 is 0. The van der Waals surface area contributed by atoms with Gasteiger partial charge in [0.2, 0.25) is 0 Å². The third-order valence-corrected chi connectivity index (χ3v) is 6.08. The fourth-order valence-electron chi connectivity index (χ4n) is 4.88. The van der Waals surface area contributed by atoms with E-state index >= 15 is 0 Å². The zero-order valence-corrected chi connectivity index (χ0v) is 11.7. The van der Waals surface area contributed by atoms with Crippen molar-refractivity contribution in [2.24, 2.45) is 29.4 Å². The van der Waals surface area contributed by atoms with Crippen molar-refractivity contribution in [3.05, 3.63) is 0 Å². The number of piperidine rings is 1. The molecule has 3 aliphatic rings. The van der Waals surface area contributed by atoms with Gasteiger partial charge in [0, 0.05) is 24.7 Å². The average molecular weight is 236 g/mol. The molecule has 6 unspecified atom stereocenters. The summed E-state index contributed by atoms with van der Waals surface area (Å²) in [5, 5.41) is 0. The molecule has 1 saturated heterocycles. The number of hydrogen-bond donors (Lipinski definition) is 1. The lowest BCUT2D eigenvalue weighted by atomic mass is 9.79. The molecule has 0 aromatic carbocycles. The van der Waals surface area contributed by atoms with Crippen LogP contribution in [0, 0.1) is 23.7 Å². The SMILES string of the molecule is CC1CC(C)C(C)N(C2(CN)CCC3CC32)C1. The van der Waals surface area contributed by atoms with Gasteiger partial charge in [-0.15, -0.1) is 0 Å². The van der Waals surface area contributed by atoms with Crippen LogP contribution in [-0.2, 0) is 0 Å². The molecule has 2 aliphatic carbocycles. The normalized spacial score (nSPS) is 54.7. The maximum absolute atomic E-state index is 6.23. The van der Waals surface area contributed by atoms with Crippen LogP contribution in [0.3, 0.4) is 0 Å². The van der Waals surface area contributed by atoms with E-state index in [1.54, 1.807) is 0 Å². The van der Waals surface area contributed by atoms with Crippen LogP contribution in [0.1, 0.15) is 46.5 Å². The van der Waals surface area contributed by atoms with Gasteiger partial charge >= 0.3 is 0 Å². The monoisotopic (exact) mass is 236 g/mol. The van der Waals surface area contributed by atoms with Crippen LogP contribution in [-0.4, -0.2) is 29.6 Å². The third-order valence-electron chi connectivity index (χ3n) is 6.08. The second-order valence-electron chi connectivity index (χ2n) is 7.16. The van der Waals surface area contributed by atoms with Gasteiger partial charge in [-0.1, -0.05) is 13.8 Å². The van der Waals surface area contributed by atoms with Gasteiger partial charge in [0.05, 0.1) is 0 Å². The zero-order chi connectivity index (χ0) is 12.2. The highest BCUT2D eigenvalue weighted by Gasteiger charge is 2.60. The van der Waals surface area contributed by atoms with Gasteiger partial charge < -0.3 is 5.73 Å². The molecular formula is C15H28N2. The number of fused-ring (bicyclic) bond motifs is 1. The molecule has 3 fully saturated rings. The van der Waals surface area contributed by atoms with Crippen LogP contribution >= 0.6 is 0 Å². The smallest absolute Gasteiger partial charge is 0.0365 e. The minimum atomic E-state index is 0.382. The lowest BCUT2D eigenvalue weighted by Gasteiger charge is -2.52. The van der Waals surface area contributed by atoms with Gasteiger partial charge in [0.15, 0.2) is 0 Å². The largest absolute Gasteiger partial charge is 0.329 e. The molecule has 2 N–H and O–H groups in total. The summed E-state index contributed by atoms with van der Waals surface area (Å²) >= 11 is 0. The number of rotatable bonds is 2. The molecule has 0 radical (unpaired) electrons. The molecule has 0 bridgehead atoms. The van der Waals surface area contributed by atoms with E-state index in [-0.39, 0.29) is 0 Å². The molecule has 3 rings (SSSR count). The Bertz CT molecular complexity index is 303. The van der Waals surface area contributed by atoms with Crippen molar-refractivity contribution >= 4 is 0 Å². The maximum atomic E-state index is 6.23. The second-order valence-corrected chi connectivity index (χ2v) is 7.16. The van der Waals surface area contributed by atoms with E-state index in [4.69, 9.17) is 5.73 Å². The molecule has 6 atom stereocenters. The molecule has 17 heavy (non-hydrogen) atoms. The van der Waals surface area contributed by atoms with Crippen LogP contribution < -0.4 is 5.73 Å². The van der Waals surface area contributed by atoms with Crippen molar-refractivity contribution < 1.29 is 0 Å². The lowest BCUT2D eigenvalue weighted by molar-refractivity contribution is -0.0245.